The van der Waals surface area contributed by atoms with E-state index < -0.39 is 0 Å². The second kappa shape index (κ2) is 5.91. The van der Waals surface area contributed by atoms with Crippen LogP contribution in [0.4, 0.5) is 11.4 Å². The maximum atomic E-state index is 11.7. The van der Waals surface area contributed by atoms with Gasteiger partial charge in [-0.15, -0.1) is 0 Å². The van der Waals surface area contributed by atoms with E-state index in [2.05, 4.69) is 10.6 Å². The molecule has 0 aliphatic carbocycles. The van der Waals surface area contributed by atoms with Gasteiger partial charge in [0.25, 0.3) is 0 Å². The van der Waals surface area contributed by atoms with E-state index in [1.807, 2.05) is 30.3 Å². The third kappa shape index (κ3) is 3.74. The number of amides is 1. The van der Waals surface area contributed by atoms with Gasteiger partial charge in [-0.1, -0.05) is 24.3 Å². The van der Waals surface area contributed by atoms with Crippen LogP contribution in [0.2, 0.25) is 0 Å². The predicted octanol–water partition coefficient (Wildman–Crippen LogP) is 2.75. The number of carbonyl (C=O) groups is 1. The maximum Gasteiger partial charge on any atom is 0.243 e. The second-order valence-electron chi connectivity index (χ2n) is 4.27. The molecule has 0 bridgehead atoms. The first-order chi connectivity index (χ1) is 9.15. The molecule has 2 aromatic carbocycles. The van der Waals surface area contributed by atoms with E-state index in [1.54, 1.807) is 19.1 Å². The SMILES string of the molecule is Cc1ccc(NC(=O)CNc2ccccc2)cc1O. The van der Waals surface area contributed by atoms with Crippen LogP contribution >= 0.6 is 0 Å². The molecular weight excluding hydrogens is 240 g/mol. The van der Waals surface area contributed by atoms with Gasteiger partial charge in [-0.2, -0.15) is 0 Å². The Hall–Kier alpha value is -2.49. The Kier molecular flexibility index (Phi) is 4.03. The summed E-state index contributed by atoms with van der Waals surface area (Å²) in [5.41, 5.74) is 2.26. The number of phenolic OH excluding ortho intramolecular Hbond substituents is 1. The number of benzene rings is 2. The average Bonchev–Trinajstić information content (AvgIpc) is 2.42. The summed E-state index contributed by atoms with van der Waals surface area (Å²) in [6, 6.07) is 14.6. The molecule has 0 saturated heterocycles. The Morgan fingerprint density at radius 1 is 1.11 bits per heavy atom. The summed E-state index contributed by atoms with van der Waals surface area (Å²) in [5, 5.41) is 15.3. The molecule has 0 radical (unpaired) electrons. The fraction of sp³-hybridized carbons (Fsp3) is 0.133. The van der Waals surface area contributed by atoms with Gasteiger partial charge in [0, 0.05) is 17.4 Å². The van der Waals surface area contributed by atoms with Crippen LogP contribution in [0.3, 0.4) is 0 Å². The number of phenols is 1. The molecule has 4 nitrogen and oxygen atoms in total. The van der Waals surface area contributed by atoms with Crippen LogP contribution in [0.5, 0.6) is 5.75 Å². The van der Waals surface area contributed by atoms with Gasteiger partial charge >= 0.3 is 0 Å². The zero-order valence-corrected chi connectivity index (χ0v) is 10.7. The van der Waals surface area contributed by atoms with Crippen molar-refractivity contribution in [2.75, 3.05) is 17.2 Å². The Bertz CT molecular complexity index is 568. The topological polar surface area (TPSA) is 61.4 Å². The van der Waals surface area contributed by atoms with E-state index in [0.717, 1.165) is 11.3 Å². The molecule has 0 aliphatic heterocycles. The number of anilines is 2. The number of hydrogen-bond donors (Lipinski definition) is 3. The monoisotopic (exact) mass is 256 g/mol. The van der Waals surface area contributed by atoms with Gasteiger partial charge in [-0.3, -0.25) is 4.79 Å². The van der Waals surface area contributed by atoms with Gasteiger partial charge in [-0.25, -0.2) is 0 Å². The van der Waals surface area contributed by atoms with Crippen molar-refractivity contribution in [2.45, 2.75) is 6.92 Å². The minimum Gasteiger partial charge on any atom is -0.508 e. The fourth-order valence-corrected chi connectivity index (χ4v) is 1.63. The molecular formula is C15H16N2O2. The number of aryl methyl sites for hydroxylation is 1. The first kappa shape index (κ1) is 13.0. The van der Waals surface area contributed by atoms with E-state index >= 15 is 0 Å². The zero-order valence-electron chi connectivity index (χ0n) is 10.7. The van der Waals surface area contributed by atoms with Crippen LogP contribution in [-0.2, 0) is 4.79 Å². The molecule has 0 aromatic heterocycles. The van der Waals surface area contributed by atoms with Gasteiger partial charge < -0.3 is 15.7 Å². The molecule has 2 aromatic rings. The Balaban J connectivity index is 1.89. The molecule has 0 unspecified atom stereocenters. The number of para-hydroxylation sites is 1. The summed E-state index contributed by atoms with van der Waals surface area (Å²) in [5.74, 6) is 0.0147. The third-order valence-electron chi connectivity index (χ3n) is 2.72. The van der Waals surface area contributed by atoms with Crippen LogP contribution in [0.15, 0.2) is 48.5 Å². The highest BCUT2D eigenvalue weighted by Gasteiger charge is 2.04. The normalized spacial score (nSPS) is 9.95. The van der Waals surface area contributed by atoms with E-state index in [4.69, 9.17) is 0 Å². The largest absolute Gasteiger partial charge is 0.508 e. The van der Waals surface area contributed by atoms with E-state index in [1.165, 1.54) is 6.07 Å². The lowest BCUT2D eigenvalue weighted by atomic mass is 10.2. The van der Waals surface area contributed by atoms with Crippen molar-refractivity contribution < 1.29 is 9.90 Å². The molecule has 0 atom stereocenters. The number of rotatable bonds is 4. The molecule has 4 heteroatoms. The van der Waals surface area contributed by atoms with Crippen molar-refractivity contribution in [3.05, 3.63) is 54.1 Å². The number of carbonyl (C=O) groups excluding carboxylic acids is 1. The third-order valence-corrected chi connectivity index (χ3v) is 2.72. The summed E-state index contributed by atoms with van der Waals surface area (Å²) >= 11 is 0. The van der Waals surface area contributed by atoms with E-state index in [0.29, 0.717) is 5.69 Å². The molecule has 0 spiro atoms. The Morgan fingerprint density at radius 2 is 1.84 bits per heavy atom. The maximum absolute atomic E-state index is 11.7. The molecule has 1 amide bonds. The summed E-state index contributed by atoms with van der Waals surface area (Å²) < 4.78 is 0. The van der Waals surface area contributed by atoms with Crippen LogP contribution in [0.1, 0.15) is 5.56 Å². The highest BCUT2D eigenvalue weighted by molar-refractivity contribution is 5.93. The van der Waals surface area contributed by atoms with Gasteiger partial charge in [0.1, 0.15) is 5.75 Å². The highest BCUT2D eigenvalue weighted by atomic mass is 16.3. The highest BCUT2D eigenvalue weighted by Crippen LogP contribution is 2.20. The molecule has 2 rings (SSSR count). The predicted molar refractivity (Wildman–Crippen MR) is 76.4 cm³/mol. The zero-order chi connectivity index (χ0) is 13.7. The number of nitrogens with one attached hydrogen (secondary N) is 2. The average molecular weight is 256 g/mol. The van der Waals surface area contributed by atoms with Crippen molar-refractivity contribution in [1.82, 2.24) is 0 Å². The molecule has 0 heterocycles. The van der Waals surface area contributed by atoms with Gasteiger partial charge in [0.2, 0.25) is 5.91 Å². The molecule has 98 valence electrons. The molecule has 19 heavy (non-hydrogen) atoms. The lowest BCUT2D eigenvalue weighted by molar-refractivity contribution is -0.114. The van der Waals surface area contributed by atoms with Crippen LogP contribution in [-0.4, -0.2) is 17.6 Å². The van der Waals surface area contributed by atoms with E-state index in [9.17, 15) is 9.90 Å². The Morgan fingerprint density at radius 3 is 2.53 bits per heavy atom. The van der Waals surface area contributed by atoms with Gasteiger partial charge in [0.15, 0.2) is 0 Å². The summed E-state index contributed by atoms with van der Waals surface area (Å²) in [7, 11) is 0. The lowest BCUT2D eigenvalue weighted by Crippen LogP contribution is -2.21. The molecule has 0 saturated carbocycles. The first-order valence-corrected chi connectivity index (χ1v) is 6.03. The van der Waals surface area contributed by atoms with E-state index in [-0.39, 0.29) is 18.2 Å². The summed E-state index contributed by atoms with van der Waals surface area (Å²) in [4.78, 5) is 11.7. The molecule has 3 N–H and O–H groups in total. The van der Waals surface area contributed by atoms with Crippen LogP contribution in [0, 0.1) is 6.92 Å². The quantitative estimate of drug-likeness (QED) is 0.788. The smallest absolute Gasteiger partial charge is 0.243 e. The fourth-order valence-electron chi connectivity index (χ4n) is 1.63. The molecule has 0 aliphatic rings. The summed E-state index contributed by atoms with van der Waals surface area (Å²) in [6.07, 6.45) is 0. The first-order valence-electron chi connectivity index (χ1n) is 6.03. The summed E-state index contributed by atoms with van der Waals surface area (Å²) in [6.45, 7) is 1.98. The van der Waals surface area contributed by atoms with Crippen LogP contribution in [0.25, 0.3) is 0 Å². The van der Waals surface area contributed by atoms with Crippen molar-refractivity contribution in [2.24, 2.45) is 0 Å². The Labute approximate surface area is 112 Å². The minimum atomic E-state index is -0.160. The van der Waals surface area contributed by atoms with Gasteiger partial charge in [-0.05, 0) is 30.7 Å². The van der Waals surface area contributed by atoms with Crippen molar-refractivity contribution in [1.29, 1.82) is 0 Å². The van der Waals surface area contributed by atoms with Crippen LogP contribution < -0.4 is 10.6 Å². The van der Waals surface area contributed by atoms with Gasteiger partial charge in [0.05, 0.1) is 6.54 Å². The number of hydrogen-bond acceptors (Lipinski definition) is 3. The molecule has 0 fully saturated rings. The lowest BCUT2D eigenvalue weighted by Gasteiger charge is -2.08. The minimum absolute atomic E-state index is 0.160. The van der Waals surface area contributed by atoms with Crippen molar-refractivity contribution in [3.63, 3.8) is 0 Å². The number of aromatic hydroxyl groups is 1. The standard InChI is InChI=1S/C15H16N2O2/c1-11-7-8-13(9-14(11)18)17-15(19)10-16-12-5-3-2-4-6-12/h2-9,16,18H,10H2,1H3,(H,17,19). The second-order valence-corrected chi connectivity index (χ2v) is 4.27. The van der Waals surface area contributed by atoms with Crippen molar-refractivity contribution in [3.8, 4) is 5.75 Å². The van der Waals surface area contributed by atoms with Crippen molar-refractivity contribution >= 4 is 17.3 Å².